The molecule has 0 aromatic carbocycles. The lowest BCUT2D eigenvalue weighted by molar-refractivity contribution is -0.120. The molecule has 4 rings (SSSR count). The number of piperidine rings is 1. The van der Waals surface area contributed by atoms with Gasteiger partial charge in [0.05, 0.1) is 29.0 Å². The van der Waals surface area contributed by atoms with Gasteiger partial charge in [-0.2, -0.15) is 0 Å². The number of anilines is 2. The van der Waals surface area contributed by atoms with E-state index >= 15 is 0 Å². The van der Waals surface area contributed by atoms with Crippen molar-refractivity contribution in [2.45, 2.75) is 45.1 Å². The summed E-state index contributed by atoms with van der Waals surface area (Å²) >= 11 is 6.41. The van der Waals surface area contributed by atoms with E-state index in [1.165, 1.54) is 0 Å². The number of carbonyl (C=O) groups excluding carboxylic acids is 1. The third-order valence-corrected chi connectivity index (χ3v) is 6.55. The molecule has 2 fully saturated rings. The van der Waals surface area contributed by atoms with E-state index in [0.717, 1.165) is 45.4 Å². The summed E-state index contributed by atoms with van der Waals surface area (Å²) in [7, 11) is 0. The Morgan fingerprint density at radius 3 is 2.78 bits per heavy atom. The lowest BCUT2D eigenvalue weighted by Crippen LogP contribution is -2.49. The van der Waals surface area contributed by atoms with Crippen LogP contribution in [-0.2, 0) is 9.53 Å². The summed E-state index contributed by atoms with van der Waals surface area (Å²) in [5, 5.41) is 10.2. The van der Waals surface area contributed by atoms with Gasteiger partial charge < -0.3 is 20.7 Å². The molecular weight excluding hydrogens is 428 g/mol. The first kappa shape index (κ1) is 22.9. The molecule has 0 spiro atoms. The molecule has 1 amide bonds. The average Bonchev–Trinajstić information content (AvgIpc) is 2.80. The first-order valence-electron chi connectivity index (χ1n) is 11.2. The minimum absolute atomic E-state index is 0.0354. The van der Waals surface area contributed by atoms with Crippen LogP contribution in [0.15, 0.2) is 24.7 Å². The van der Waals surface area contributed by atoms with Crippen LogP contribution in [0.4, 0.5) is 11.6 Å². The van der Waals surface area contributed by atoms with Gasteiger partial charge in [0.25, 0.3) is 0 Å². The molecule has 0 aliphatic carbocycles. The molecule has 4 heterocycles. The topological polar surface area (TPSA) is 101 Å². The predicted molar refractivity (Wildman–Crippen MR) is 126 cm³/mol. The molecule has 172 valence electrons. The second-order valence-electron chi connectivity index (χ2n) is 9.27. The van der Waals surface area contributed by atoms with Gasteiger partial charge in [-0.1, -0.05) is 11.6 Å². The fourth-order valence-electron chi connectivity index (χ4n) is 4.06. The first-order valence-corrected chi connectivity index (χ1v) is 11.6. The summed E-state index contributed by atoms with van der Waals surface area (Å²) in [4.78, 5) is 26.0. The lowest BCUT2D eigenvalue weighted by atomic mass is 9.86. The van der Waals surface area contributed by atoms with E-state index in [4.69, 9.17) is 16.3 Å². The van der Waals surface area contributed by atoms with Crippen molar-refractivity contribution < 1.29 is 9.53 Å². The number of pyridine rings is 1. The summed E-state index contributed by atoms with van der Waals surface area (Å²) in [6, 6.07) is 1.76. The van der Waals surface area contributed by atoms with Gasteiger partial charge in [0, 0.05) is 43.6 Å². The normalized spacial score (nSPS) is 21.2. The van der Waals surface area contributed by atoms with Crippen LogP contribution in [0.5, 0.6) is 0 Å². The van der Waals surface area contributed by atoms with Crippen LogP contribution >= 0.6 is 11.6 Å². The zero-order chi connectivity index (χ0) is 22.6. The molecule has 2 aliphatic heterocycles. The van der Waals surface area contributed by atoms with Crippen molar-refractivity contribution in [1.82, 2.24) is 20.3 Å². The Morgan fingerprint density at radius 2 is 2.03 bits per heavy atom. The number of halogens is 1. The van der Waals surface area contributed by atoms with Crippen LogP contribution in [0.3, 0.4) is 0 Å². The van der Waals surface area contributed by atoms with Crippen LogP contribution in [-0.4, -0.2) is 52.7 Å². The maximum absolute atomic E-state index is 12.7. The molecule has 2 aromatic heterocycles. The highest BCUT2D eigenvalue weighted by molar-refractivity contribution is 6.33. The van der Waals surface area contributed by atoms with Gasteiger partial charge >= 0.3 is 0 Å². The predicted octanol–water partition coefficient (Wildman–Crippen LogP) is 3.75. The van der Waals surface area contributed by atoms with Gasteiger partial charge in [0.1, 0.15) is 11.6 Å². The number of amides is 1. The SMILES string of the molecule is CC1(C)CC[C@@H](C(=O)Nc2cc(-c3cncc(NCC4CCOCC4)n3)c(Cl)cn2)CN1. The smallest absolute Gasteiger partial charge is 0.229 e. The van der Waals surface area contributed by atoms with E-state index in [2.05, 4.69) is 44.7 Å². The Hall–Kier alpha value is -2.29. The standard InChI is InChI=1S/C23H31ClN6O2/c1-23(2)6-3-16(11-28-23)22(31)30-20-9-17(18(24)12-27-20)19-13-25-14-21(29-19)26-10-15-4-7-32-8-5-15/h9,12-16,28H,3-8,10-11H2,1-2H3,(H,26,29)(H,27,30,31)/t16-/m1/s1. The Bertz CT molecular complexity index is 938. The monoisotopic (exact) mass is 458 g/mol. The van der Waals surface area contributed by atoms with E-state index in [1.807, 2.05) is 0 Å². The Balaban J connectivity index is 1.42. The van der Waals surface area contributed by atoms with E-state index in [0.29, 0.717) is 40.4 Å². The number of rotatable bonds is 6. The molecule has 0 saturated carbocycles. The van der Waals surface area contributed by atoms with Gasteiger partial charge in [-0.3, -0.25) is 9.78 Å². The number of ether oxygens (including phenoxy) is 1. The summed E-state index contributed by atoms with van der Waals surface area (Å²) in [5.74, 6) is 1.61. The van der Waals surface area contributed by atoms with Gasteiger partial charge in [0.2, 0.25) is 5.91 Å². The summed E-state index contributed by atoms with van der Waals surface area (Å²) in [6.45, 7) is 7.43. The number of nitrogens with one attached hydrogen (secondary N) is 3. The molecule has 1 atom stereocenters. The quantitative estimate of drug-likeness (QED) is 0.606. The Labute approximate surface area is 193 Å². The third kappa shape index (κ3) is 5.94. The average molecular weight is 459 g/mol. The summed E-state index contributed by atoms with van der Waals surface area (Å²) in [5.41, 5.74) is 1.39. The molecule has 2 saturated heterocycles. The second kappa shape index (κ2) is 10.1. The highest BCUT2D eigenvalue weighted by atomic mass is 35.5. The fourth-order valence-corrected chi connectivity index (χ4v) is 4.26. The molecule has 0 bridgehead atoms. The van der Waals surface area contributed by atoms with E-state index in [-0.39, 0.29) is 17.4 Å². The second-order valence-corrected chi connectivity index (χ2v) is 9.67. The van der Waals surface area contributed by atoms with Crippen molar-refractivity contribution in [3.05, 3.63) is 29.7 Å². The minimum Gasteiger partial charge on any atom is -0.381 e. The molecule has 2 aromatic rings. The van der Waals surface area contributed by atoms with Crippen molar-refractivity contribution in [3.63, 3.8) is 0 Å². The molecule has 9 heteroatoms. The zero-order valence-electron chi connectivity index (χ0n) is 18.7. The van der Waals surface area contributed by atoms with Gasteiger partial charge in [-0.15, -0.1) is 0 Å². The molecule has 0 radical (unpaired) electrons. The highest BCUT2D eigenvalue weighted by Crippen LogP contribution is 2.29. The number of nitrogens with zero attached hydrogens (tertiary/aromatic N) is 3. The van der Waals surface area contributed by atoms with Crippen LogP contribution in [0.1, 0.15) is 39.5 Å². The van der Waals surface area contributed by atoms with Gasteiger partial charge in [-0.05, 0) is 51.5 Å². The van der Waals surface area contributed by atoms with Gasteiger partial charge in [-0.25, -0.2) is 9.97 Å². The lowest BCUT2D eigenvalue weighted by Gasteiger charge is -2.35. The van der Waals surface area contributed by atoms with Crippen molar-refractivity contribution >= 4 is 29.1 Å². The molecule has 2 aliphatic rings. The van der Waals surface area contributed by atoms with E-state index < -0.39 is 0 Å². The van der Waals surface area contributed by atoms with Crippen molar-refractivity contribution in [1.29, 1.82) is 0 Å². The van der Waals surface area contributed by atoms with Crippen molar-refractivity contribution in [3.8, 4) is 11.3 Å². The maximum atomic E-state index is 12.7. The third-order valence-electron chi connectivity index (χ3n) is 6.25. The number of carbonyl (C=O) groups is 1. The molecule has 0 unspecified atom stereocenters. The maximum Gasteiger partial charge on any atom is 0.229 e. The fraction of sp³-hybridized carbons (Fsp3) is 0.565. The van der Waals surface area contributed by atoms with E-state index in [9.17, 15) is 4.79 Å². The molecular formula is C23H31ClN6O2. The summed E-state index contributed by atoms with van der Waals surface area (Å²) in [6.07, 6.45) is 8.81. The number of aromatic nitrogens is 3. The number of hydrogen-bond acceptors (Lipinski definition) is 7. The van der Waals surface area contributed by atoms with E-state index in [1.54, 1.807) is 24.7 Å². The summed E-state index contributed by atoms with van der Waals surface area (Å²) < 4.78 is 5.42. The van der Waals surface area contributed by atoms with Crippen LogP contribution in [0, 0.1) is 11.8 Å². The molecule has 8 nitrogen and oxygen atoms in total. The highest BCUT2D eigenvalue weighted by Gasteiger charge is 2.30. The van der Waals surface area contributed by atoms with Gasteiger partial charge in [0.15, 0.2) is 0 Å². The first-order chi connectivity index (χ1) is 15.4. The van der Waals surface area contributed by atoms with Crippen molar-refractivity contribution in [2.75, 3.05) is 36.9 Å². The van der Waals surface area contributed by atoms with Crippen LogP contribution in [0.2, 0.25) is 5.02 Å². The molecule has 32 heavy (non-hydrogen) atoms. The molecule has 3 N–H and O–H groups in total. The Kier molecular flexibility index (Phi) is 7.23. The Morgan fingerprint density at radius 1 is 1.22 bits per heavy atom. The van der Waals surface area contributed by atoms with Crippen molar-refractivity contribution in [2.24, 2.45) is 11.8 Å². The van der Waals surface area contributed by atoms with Crippen LogP contribution in [0.25, 0.3) is 11.3 Å². The number of hydrogen-bond donors (Lipinski definition) is 3. The largest absolute Gasteiger partial charge is 0.381 e. The van der Waals surface area contributed by atoms with Crippen LogP contribution < -0.4 is 16.0 Å². The minimum atomic E-state index is -0.0820. The zero-order valence-corrected chi connectivity index (χ0v) is 19.4.